The highest BCUT2D eigenvalue weighted by molar-refractivity contribution is 7.99. The van der Waals surface area contributed by atoms with Gasteiger partial charge in [0.25, 0.3) is 11.6 Å². The van der Waals surface area contributed by atoms with Gasteiger partial charge in [0, 0.05) is 18.7 Å². The number of likely N-dealkylation sites (tertiary alicyclic amines) is 1. The number of thioether (sulfide) groups is 1. The van der Waals surface area contributed by atoms with E-state index in [4.69, 9.17) is 39.5 Å². The van der Waals surface area contributed by atoms with Crippen LogP contribution in [0.2, 0.25) is 0 Å². The maximum atomic E-state index is 13.5. The summed E-state index contributed by atoms with van der Waals surface area (Å²) in [5, 5.41) is 51.5. The van der Waals surface area contributed by atoms with Crippen molar-refractivity contribution in [1.82, 2.24) is 15.5 Å². The number of ether oxygens (including phenoxy) is 1. The molecule has 0 aliphatic carbocycles. The zero-order chi connectivity index (χ0) is 33.8. The number of carbonyl (C=O) groups is 2. The molecule has 0 bridgehead atoms. The van der Waals surface area contributed by atoms with Crippen molar-refractivity contribution < 1.29 is 34.6 Å². The second-order valence-corrected chi connectivity index (χ2v) is 14.5. The van der Waals surface area contributed by atoms with Crippen LogP contribution in [0.1, 0.15) is 38.7 Å². The zero-order valence-corrected chi connectivity index (χ0v) is 28.6. The molecule has 2 amide bonds. The molecule has 16 heteroatoms. The molecule has 11 atom stereocenters. The average Bonchev–Trinajstić information content (AvgIpc) is 3.36. The van der Waals surface area contributed by atoms with Crippen LogP contribution >= 0.6 is 46.6 Å². The Balaban J connectivity index is 1.97. The lowest BCUT2D eigenvalue weighted by molar-refractivity contribution is -0.384. The van der Waals surface area contributed by atoms with Gasteiger partial charge in [0.2, 0.25) is 5.91 Å². The van der Waals surface area contributed by atoms with Gasteiger partial charge in [-0.3, -0.25) is 24.6 Å². The molecule has 12 nitrogen and oxygen atoms in total. The Morgan fingerprint density at radius 3 is 2.36 bits per heavy atom. The maximum absolute atomic E-state index is 13.5. The number of carbonyl (C=O) groups excluding carboxylic acids is 2. The molecule has 253 valence electrons. The topological polar surface area (TPSA) is 174 Å². The quantitative estimate of drug-likeness (QED) is 0.116. The van der Waals surface area contributed by atoms with E-state index in [1.807, 2.05) is 11.9 Å². The fraction of sp³-hybridized carbons (Fsp3) is 0.690. The first-order valence-electron chi connectivity index (χ1n) is 14.7. The molecule has 1 aromatic rings. The number of alkyl halides is 3. The average molecular weight is 713 g/mol. The van der Waals surface area contributed by atoms with Crippen LogP contribution in [0.15, 0.2) is 24.3 Å². The third-order valence-electron chi connectivity index (χ3n) is 8.76. The number of nitro benzene ring substituents is 1. The number of aliphatic hydroxyl groups is 3. The van der Waals surface area contributed by atoms with Crippen LogP contribution < -0.4 is 10.6 Å². The summed E-state index contributed by atoms with van der Waals surface area (Å²) in [5.41, 5.74) is -3.57. The largest absolute Gasteiger partial charge is 0.390 e. The van der Waals surface area contributed by atoms with Crippen LogP contribution in [0.5, 0.6) is 0 Å². The molecule has 2 heterocycles. The van der Waals surface area contributed by atoms with E-state index in [2.05, 4.69) is 24.5 Å². The molecule has 2 aliphatic heterocycles. The summed E-state index contributed by atoms with van der Waals surface area (Å²) in [6.07, 6.45) is -0.262. The molecular weight excluding hydrogens is 671 g/mol. The van der Waals surface area contributed by atoms with Crippen LogP contribution in [0, 0.1) is 28.9 Å². The van der Waals surface area contributed by atoms with Gasteiger partial charge in [-0.05, 0) is 63.6 Å². The second kappa shape index (κ2) is 16.1. The van der Waals surface area contributed by atoms with E-state index in [1.54, 1.807) is 13.2 Å². The fourth-order valence-corrected chi connectivity index (χ4v) is 7.66. The van der Waals surface area contributed by atoms with Gasteiger partial charge in [-0.25, -0.2) is 0 Å². The number of hydrogen-bond donors (Lipinski definition) is 5. The lowest BCUT2D eigenvalue weighted by atomic mass is 9.70. The van der Waals surface area contributed by atoms with E-state index in [0.29, 0.717) is 12.3 Å². The number of nitro groups is 1. The van der Waals surface area contributed by atoms with Crippen molar-refractivity contribution in [1.29, 1.82) is 0 Å². The van der Waals surface area contributed by atoms with Crippen molar-refractivity contribution in [2.45, 2.75) is 90.8 Å². The van der Waals surface area contributed by atoms with E-state index < -0.39 is 74.4 Å². The predicted octanol–water partition coefficient (Wildman–Crippen LogP) is 2.56. The summed E-state index contributed by atoms with van der Waals surface area (Å²) in [7, 11) is 1.88. The zero-order valence-electron chi connectivity index (χ0n) is 25.5. The van der Waals surface area contributed by atoms with Crippen LogP contribution in [-0.2, 0) is 19.9 Å². The molecule has 0 aromatic heterocycles. The Labute approximate surface area is 282 Å². The molecule has 5 N–H and O–H groups in total. The van der Waals surface area contributed by atoms with Crippen LogP contribution in [0.4, 0.5) is 5.69 Å². The highest BCUT2D eigenvalue weighted by Gasteiger charge is 2.58. The molecule has 9 unspecified atom stereocenters. The number of non-ortho nitro benzene ring substituents is 1. The summed E-state index contributed by atoms with van der Waals surface area (Å²) < 4.78 is 6.32. The highest BCUT2D eigenvalue weighted by atomic mass is 35.5. The summed E-state index contributed by atoms with van der Waals surface area (Å²) >= 11 is 19.1. The van der Waals surface area contributed by atoms with Crippen molar-refractivity contribution >= 4 is 64.1 Å². The van der Waals surface area contributed by atoms with Crippen LogP contribution in [-0.4, -0.2) is 109 Å². The Hall–Kier alpha value is -1.42. The van der Waals surface area contributed by atoms with Gasteiger partial charge in [0.05, 0.1) is 40.4 Å². The van der Waals surface area contributed by atoms with Crippen molar-refractivity contribution in [3.05, 3.63) is 46.9 Å². The molecule has 0 spiro atoms. The molecule has 2 fully saturated rings. The molecule has 1 radical (unpaired) electrons. The summed E-state index contributed by atoms with van der Waals surface area (Å²) in [6.45, 7) is 8.40. The van der Waals surface area contributed by atoms with Gasteiger partial charge in [-0.15, -0.1) is 23.4 Å². The minimum atomic E-state index is -2.28. The number of likely N-dealkylation sites (N-methyl/N-ethyl adjacent to an activating group) is 1. The molecule has 0 saturated carbocycles. The predicted molar refractivity (Wildman–Crippen MR) is 174 cm³/mol. The number of amides is 2. The Kier molecular flexibility index (Phi) is 13.6. The molecule has 2 saturated heterocycles. The van der Waals surface area contributed by atoms with E-state index in [-0.39, 0.29) is 17.2 Å². The van der Waals surface area contributed by atoms with Gasteiger partial charge in [0.15, 0.2) is 4.84 Å². The third kappa shape index (κ3) is 8.36. The molecule has 45 heavy (non-hydrogen) atoms. The van der Waals surface area contributed by atoms with E-state index in [0.717, 1.165) is 43.3 Å². The van der Waals surface area contributed by atoms with Crippen molar-refractivity contribution in [2.24, 2.45) is 11.8 Å². The van der Waals surface area contributed by atoms with Crippen LogP contribution in [0.25, 0.3) is 0 Å². The number of nitrogens with one attached hydrogen (secondary N) is 2. The number of halogens is 3. The number of aliphatic hydroxyl groups excluding tert-OH is 2. The molecule has 2 aliphatic rings. The van der Waals surface area contributed by atoms with Gasteiger partial charge < -0.3 is 30.7 Å². The smallest absolute Gasteiger partial charge is 0.269 e. The Morgan fingerprint density at radius 1 is 1.22 bits per heavy atom. The normalized spacial score (nSPS) is 30.7. The van der Waals surface area contributed by atoms with E-state index in [1.165, 1.54) is 12.1 Å². The maximum Gasteiger partial charge on any atom is 0.269 e. The minimum absolute atomic E-state index is 0.0351. The first kappa shape index (κ1) is 38.0. The first-order valence-corrected chi connectivity index (χ1v) is 17.3. The molecule has 3 rings (SSSR count). The first-order chi connectivity index (χ1) is 21.1. The lowest BCUT2D eigenvalue weighted by Gasteiger charge is -2.52. The van der Waals surface area contributed by atoms with Crippen LogP contribution in [0.3, 0.4) is 0 Å². The van der Waals surface area contributed by atoms with Gasteiger partial charge in [0.1, 0.15) is 23.2 Å². The number of hydrogen-bond acceptors (Lipinski definition) is 10. The van der Waals surface area contributed by atoms with Crippen molar-refractivity contribution in [3.8, 4) is 0 Å². The third-order valence-corrected chi connectivity index (χ3v) is 10.3. The monoisotopic (exact) mass is 711 g/mol. The van der Waals surface area contributed by atoms with Gasteiger partial charge in [-0.2, -0.15) is 0 Å². The number of benzene rings is 1. The summed E-state index contributed by atoms with van der Waals surface area (Å²) in [6, 6.07) is 2.05. The Morgan fingerprint density at radius 2 is 1.84 bits per heavy atom. The summed E-state index contributed by atoms with van der Waals surface area (Å²) in [5.74, 6) is -2.16. The molecular formula is C29H42Cl3N4O8S. The van der Waals surface area contributed by atoms with Gasteiger partial charge >= 0.3 is 0 Å². The SMILES string of the molecule is [CH2][C@@H](NC(=O)C(Cl)Cl)[C@](O)(c1ccc([N+](=O)[O-])cc1)C1C(SC)OC(C(NC(=O)C2CC(CCC)CN2C)C(C)Cl)C(O)C1O. The Bertz CT molecular complexity index is 1180. The lowest BCUT2D eigenvalue weighted by Crippen LogP contribution is -2.69. The standard InChI is InChI=1S/C29H42Cl3N4O8S/c1-6-7-16-12-19(35(4)13-16)26(39)34-21(14(2)30)24-23(38)22(37)20(28(44-24)45-5)29(41,15(3)33-27(40)25(31)32)17-8-10-18(11-9-17)36(42)43/h8-11,14-16,19-25,28,37-38,41H,3,6-7,12-13H2,1-2,4-5H3,(H,33,40)(H,34,39)/t14?,15-,16?,19?,20?,21?,22?,23?,24?,28?,29+/m1/s1. The van der Waals surface area contributed by atoms with E-state index >= 15 is 0 Å². The summed E-state index contributed by atoms with van der Waals surface area (Å²) in [4.78, 5) is 37.0. The minimum Gasteiger partial charge on any atom is -0.390 e. The van der Waals surface area contributed by atoms with Crippen molar-refractivity contribution in [3.63, 3.8) is 0 Å². The van der Waals surface area contributed by atoms with Crippen molar-refractivity contribution in [2.75, 3.05) is 19.8 Å². The molecule has 1 aromatic carbocycles. The highest BCUT2D eigenvalue weighted by Crippen LogP contribution is 2.46. The number of nitrogens with zero attached hydrogens (tertiary/aromatic N) is 2. The fourth-order valence-electron chi connectivity index (χ4n) is 6.42. The number of rotatable bonds is 13. The van der Waals surface area contributed by atoms with Gasteiger partial charge in [-0.1, -0.05) is 36.5 Å². The second-order valence-electron chi connectivity index (χ2n) is 11.8. The van der Waals surface area contributed by atoms with E-state index in [9.17, 15) is 35.0 Å².